The van der Waals surface area contributed by atoms with Gasteiger partial charge < -0.3 is 15.3 Å². The monoisotopic (exact) mass is 322 g/mol. The second kappa shape index (κ2) is 7.65. The van der Waals surface area contributed by atoms with Gasteiger partial charge in [-0.05, 0) is 38.0 Å². The molecule has 0 unspecified atom stereocenters. The summed E-state index contributed by atoms with van der Waals surface area (Å²) in [5.74, 6) is 1.14. The van der Waals surface area contributed by atoms with Crippen LogP contribution in [0, 0.1) is 17.8 Å². The number of nitrogens with one attached hydrogen (secondary N) is 1. The van der Waals surface area contributed by atoms with E-state index in [4.69, 9.17) is 0 Å². The fourth-order valence-corrected chi connectivity index (χ4v) is 4.02. The van der Waals surface area contributed by atoms with Crippen LogP contribution in [0.15, 0.2) is 0 Å². The Morgan fingerprint density at radius 1 is 1.04 bits per heavy atom. The van der Waals surface area contributed by atoms with Gasteiger partial charge in [-0.15, -0.1) is 0 Å². The van der Waals surface area contributed by atoms with E-state index in [-0.39, 0.29) is 36.3 Å². The lowest BCUT2D eigenvalue weighted by Gasteiger charge is -2.39. The first-order valence-corrected chi connectivity index (χ1v) is 9.36. The van der Waals surface area contributed by atoms with Crippen LogP contribution in [-0.2, 0) is 9.59 Å². The molecule has 130 valence electrons. The highest BCUT2D eigenvalue weighted by molar-refractivity contribution is 5.81. The Morgan fingerprint density at radius 3 is 2.43 bits per heavy atom. The molecule has 1 aliphatic heterocycles. The number of likely N-dealkylation sites (tertiary alicyclic amines) is 1. The smallest absolute Gasteiger partial charge is 0.223 e. The van der Waals surface area contributed by atoms with E-state index in [0.29, 0.717) is 25.4 Å². The van der Waals surface area contributed by atoms with Crippen molar-refractivity contribution in [2.75, 3.05) is 19.7 Å². The molecule has 2 atom stereocenters. The number of amides is 2. The third kappa shape index (κ3) is 4.46. The van der Waals surface area contributed by atoms with Gasteiger partial charge in [-0.1, -0.05) is 19.3 Å². The van der Waals surface area contributed by atoms with Crippen molar-refractivity contribution in [3.8, 4) is 0 Å². The highest BCUT2D eigenvalue weighted by Gasteiger charge is 2.36. The lowest BCUT2D eigenvalue weighted by Crippen LogP contribution is -2.55. The number of piperidine rings is 1. The van der Waals surface area contributed by atoms with Crippen molar-refractivity contribution in [3.05, 3.63) is 0 Å². The fraction of sp³-hybridized carbons (Fsp3) is 0.889. The van der Waals surface area contributed by atoms with E-state index in [2.05, 4.69) is 5.32 Å². The van der Waals surface area contributed by atoms with E-state index in [0.717, 1.165) is 19.3 Å². The topological polar surface area (TPSA) is 69.6 Å². The molecule has 3 fully saturated rings. The lowest BCUT2D eigenvalue weighted by atomic mass is 9.86. The molecule has 5 nitrogen and oxygen atoms in total. The third-order valence-electron chi connectivity index (χ3n) is 5.81. The molecular formula is C18H30N2O3. The van der Waals surface area contributed by atoms with Crippen LogP contribution in [0.3, 0.4) is 0 Å². The molecule has 0 radical (unpaired) electrons. The van der Waals surface area contributed by atoms with Crippen LogP contribution >= 0.6 is 0 Å². The maximum absolute atomic E-state index is 12.6. The average molecular weight is 322 g/mol. The molecule has 23 heavy (non-hydrogen) atoms. The molecular weight excluding hydrogens is 292 g/mol. The summed E-state index contributed by atoms with van der Waals surface area (Å²) in [5.41, 5.74) is 0. The molecule has 1 heterocycles. The molecule has 3 rings (SSSR count). The van der Waals surface area contributed by atoms with Crippen LogP contribution in [0.1, 0.15) is 57.8 Å². The van der Waals surface area contributed by atoms with Crippen molar-refractivity contribution in [2.24, 2.45) is 17.8 Å². The summed E-state index contributed by atoms with van der Waals surface area (Å²) >= 11 is 0. The number of hydrogen-bond donors (Lipinski definition) is 2. The summed E-state index contributed by atoms with van der Waals surface area (Å²) in [4.78, 5) is 26.5. The molecule has 2 amide bonds. The predicted molar refractivity (Wildman–Crippen MR) is 87.6 cm³/mol. The van der Waals surface area contributed by atoms with Gasteiger partial charge >= 0.3 is 0 Å². The van der Waals surface area contributed by atoms with Crippen LogP contribution in [0.2, 0.25) is 0 Å². The molecule has 2 aliphatic carbocycles. The lowest BCUT2D eigenvalue weighted by molar-refractivity contribution is -0.136. The number of nitrogens with zero attached hydrogens (tertiary/aromatic N) is 1. The Balaban J connectivity index is 1.52. The van der Waals surface area contributed by atoms with Gasteiger partial charge in [-0.25, -0.2) is 0 Å². The Morgan fingerprint density at radius 2 is 1.78 bits per heavy atom. The zero-order valence-corrected chi connectivity index (χ0v) is 14.0. The molecule has 2 saturated carbocycles. The van der Waals surface area contributed by atoms with Gasteiger partial charge in [0.2, 0.25) is 11.8 Å². The maximum atomic E-state index is 12.6. The maximum Gasteiger partial charge on any atom is 0.223 e. The van der Waals surface area contributed by atoms with Crippen LogP contribution < -0.4 is 5.32 Å². The first-order chi connectivity index (χ1) is 11.2. The number of aliphatic hydroxyl groups is 1. The van der Waals surface area contributed by atoms with E-state index < -0.39 is 0 Å². The Hall–Kier alpha value is -1.10. The molecule has 0 spiro atoms. The van der Waals surface area contributed by atoms with E-state index in [9.17, 15) is 14.7 Å². The van der Waals surface area contributed by atoms with Gasteiger partial charge in [-0.3, -0.25) is 9.59 Å². The van der Waals surface area contributed by atoms with Crippen molar-refractivity contribution >= 4 is 11.8 Å². The summed E-state index contributed by atoms with van der Waals surface area (Å²) in [7, 11) is 0. The second-order valence-corrected chi connectivity index (χ2v) is 7.67. The molecule has 0 aromatic heterocycles. The van der Waals surface area contributed by atoms with Crippen molar-refractivity contribution in [1.29, 1.82) is 0 Å². The second-order valence-electron chi connectivity index (χ2n) is 7.67. The van der Waals surface area contributed by atoms with Crippen LogP contribution in [0.25, 0.3) is 0 Å². The number of aliphatic hydroxyl groups excluding tert-OH is 1. The molecule has 3 aliphatic rings. The Kier molecular flexibility index (Phi) is 5.57. The van der Waals surface area contributed by atoms with Crippen LogP contribution in [0.4, 0.5) is 0 Å². The van der Waals surface area contributed by atoms with Crippen molar-refractivity contribution in [1.82, 2.24) is 10.2 Å². The quantitative estimate of drug-likeness (QED) is 0.809. The standard InChI is InChI=1S/C18H30N2O3/c21-12-15-8-9-20(11-16(15)19-18(23)14-6-7-14)17(22)10-13-4-2-1-3-5-13/h13-16,21H,1-12H2,(H,19,23)/t15-,16-/m1/s1. The Labute approximate surface area is 138 Å². The summed E-state index contributed by atoms with van der Waals surface area (Å²) in [6.45, 7) is 1.36. The zero-order chi connectivity index (χ0) is 16.2. The minimum atomic E-state index is -0.0860. The fourth-order valence-electron chi connectivity index (χ4n) is 4.02. The van der Waals surface area contributed by atoms with Crippen molar-refractivity contribution in [2.45, 2.75) is 63.8 Å². The average Bonchev–Trinajstić information content (AvgIpc) is 3.40. The normalized spacial score (nSPS) is 29.3. The number of hydrogen-bond acceptors (Lipinski definition) is 3. The molecule has 2 N–H and O–H groups in total. The van der Waals surface area contributed by atoms with E-state index in [1.165, 1.54) is 32.1 Å². The van der Waals surface area contributed by atoms with Gasteiger partial charge in [0.1, 0.15) is 0 Å². The minimum Gasteiger partial charge on any atom is -0.396 e. The summed E-state index contributed by atoms with van der Waals surface area (Å²) in [5, 5.41) is 12.6. The first-order valence-electron chi connectivity index (χ1n) is 9.36. The zero-order valence-electron chi connectivity index (χ0n) is 14.0. The third-order valence-corrected chi connectivity index (χ3v) is 5.81. The van der Waals surface area contributed by atoms with E-state index in [1.807, 2.05) is 4.90 Å². The molecule has 0 aromatic rings. The van der Waals surface area contributed by atoms with Crippen molar-refractivity contribution < 1.29 is 14.7 Å². The van der Waals surface area contributed by atoms with E-state index in [1.54, 1.807) is 0 Å². The van der Waals surface area contributed by atoms with Gasteiger partial charge in [0, 0.05) is 38.0 Å². The molecule has 0 bridgehead atoms. The SMILES string of the molecule is O=C(N[C@@H]1CN(C(=O)CC2CCCCC2)CC[C@@H]1CO)C1CC1. The largest absolute Gasteiger partial charge is 0.396 e. The number of carbonyl (C=O) groups is 2. The molecule has 1 saturated heterocycles. The van der Waals surface area contributed by atoms with Gasteiger partial charge in [0.05, 0.1) is 6.04 Å². The van der Waals surface area contributed by atoms with Gasteiger partial charge in [0.15, 0.2) is 0 Å². The Bertz CT molecular complexity index is 430. The van der Waals surface area contributed by atoms with Gasteiger partial charge in [0.25, 0.3) is 0 Å². The van der Waals surface area contributed by atoms with Crippen LogP contribution in [-0.4, -0.2) is 47.6 Å². The summed E-state index contributed by atoms with van der Waals surface area (Å²) in [6.07, 6.45) is 9.58. The first kappa shape index (κ1) is 16.7. The molecule has 5 heteroatoms. The molecule has 0 aromatic carbocycles. The van der Waals surface area contributed by atoms with Crippen molar-refractivity contribution in [3.63, 3.8) is 0 Å². The summed E-state index contributed by atoms with van der Waals surface area (Å²) in [6, 6.07) is -0.0860. The summed E-state index contributed by atoms with van der Waals surface area (Å²) < 4.78 is 0. The van der Waals surface area contributed by atoms with E-state index >= 15 is 0 Å². The minimum absolute atomic E-state index is 0.0800. The highest BCUT2D eigenvalue weighted by Crippen LogP contribution is 2.30. The number of rotatable bonds is 5. The van der Waals surface area contributed by atoms with Crippen LogP contribution in [0.5, 0.6) is 0 Å². The predicted octanol–water partition coefficient (Wildman–Crippen LogP) is 1.69. The highest BCUT2D eigenvalue weighted by atomic mass is 16.3. The number of carbonyl (C=O) groups excluding carboxylic acids is 2. The van der Waals surface area contributed by atoms with Gasteiger partial charge in [-0.2, -0.15) is 0 Å².